The topological polar surface area (TPSA) is 104 Å². The van der Waals surface area contributed by atoms with Gasteiger partial charge in [-0.15, -0.1) is 0 Å². The van der Waals surface area contributed by atoms with E-state index in [1.54, 1.807) is 4.90 Å². The average molecular weight is 381 g/mol. The maximum atomic E-state index is 13.7. The number of hydrogen-bond donors (Lipinski definition) is 3. The van der Waals surface area contributed by atoms with Crippen molar-refractivity contribution in [2.75, 3.05) is 0 Å². The summed E-state index contributed by atoms with van der Waals surface area (Å²) in [6.07, 6.45) is 5.37. The second-order valence-electron chi connectivity index (χ2n) is 9.95. The first-order chi connectivity index (χ1) is 12.5. The normalized spacial score (nSPS) is 26.7. The summed E-state index contributed by atoms with van der Waals surface area (Å²) in [4.78, 5) is 27.6. The van der Waals surface area contributed by atoms with Crippen LogP contribution in [0.15, 0.2) is 0 Å². The van der Waals surface area contributed by atoms with E-state index in [0.29, 0.717) is 38.5 Å². The van der Waals surface area contributed by atoms with E-state index in [0.717, 1.165) is 12.8 Å². The van der Waals surface area contributed by atoms with Gasteiger partial charge in [-0.2, -0.15) is 0 Å². The van der Waals surface area contributed by atoms with Crippen molar-refractivity contribution in [1.82, 2.24) is 4.90 Å². The van der Waals surface area contributed by atoms with Gasteiger partial charge in [0.05, 0.1) is 23.3 Å². The number of nitrogens with zero attached hydrogens (tertiary/aromatic N) is 1. The quantitative estimate of drug-likeness (QED) is 0.560. The highest BCUT2D eigenvalue weighted by Gasteiger charge is 2.63. The van der Waals surface area contributed by atoms with E-state index in [9.17, 15) is 19.8 Å². The fraction of sp³-hybridized carbons (Fsp3) is 0.905. The predicted molar refractivity (Wildman–Crippen MR) is 103 cm³/mol. The zero-order chi connectivity index (χ0) is 20.2. The Morgan fingerprint density at radius 3 is 1.37 bits per heavy atom. The number of aliphatic hydroxyl groups is 2. The third kappa shape index (κ3) is 3.19. The Morgan fingerprint density at radius 2 is 1.19 bits per heavy atom. The minimum absolute atomic E-state index is 0.00727. The molecule has 27 heavy (non-hydrogen) atoms. The SMILES string of the molecule is CC(C)[C@@H](N(C(=O)C1(C(N)=O)CC1)[C@H](C(C)C)C1(O)CCC1)C1(O)CCC1. The van der Waals surface area contributed by atoms with E-state index in [1.165, 1.54) is 0 Å². The lowest BCUT2D eigenvalue weighted by Gasteiger charge is -2.58. The number of carbonyl (C=O) groups excluding carboxylic acids is 2. The third-order valence-corrected chi connectivity index (χ3v) is 7.27. The van der Waals surface area contributed by atoms with E-state index in [1.807, 2.05) is 27.7 Å². The van der Waals surface area contributed by atoms with Gasteiger partial charge in [0.1, 0.15) is 5.41 Å². The molecule has 2 amide bonds. The van der Waals surface area contributed by atoms with Crippen LogP contribution in [0.5, 0.6) is 0 Å². The van der Waals surface area contributed by atoms with Crippen LogP contribution in [0.4, 0.5) is 0 Å². The number of carbonyl (C=O) groups is 2. The van der Waals surface area contributed by atoms with Crippen molar-refractivity contribution in [2.24, 2.45) is 23.0 Å². The van der Waals surface area contributed by atoms with Crippen LogP contribution in [0, 0.1) is 17.3 Å². The van der Waals surface area contributed by atoms with E-state index in [4.69, 9.17) is 5.73 Å². The van der Waals surface area contributed by atoms with Crippen molar-refractivity contribution in [3.63, 3.8) is 0 Å². The highest BCUT2D eigenvalue weighted by Crippen LogP contribution is 2.52. The Morgan fingerprint density at radius 1 is 0.815 bits per heavy atom. The van der Waals surface area contributed by atoms with Crippen LogP contribution in [-0.2, 0) is 9.59 Å². The van der Waals surface area contributed by atoms with Crippen LogP contribution in [0.2, 0.25) is 0 Å². The molecule has 2 atom stereocenters. The molecule has 6 nitrogen and oxygen atoms in total. The molecule has 154 valence electrons. The monoisotopic (exact) mass is 380 g/mol. The van der Waals surface area contributed by atoms with Crippen LogP contribution in [-0.4, -0.2) is 50.2 Å². The molecule has 0 aromatic carbocycles. The van der Waals surface area contributed by atoms with E-state index in [-0.39, 0.29) is 17.7 Å². The highest BCUT2D eigenvalue weighted by atomic mass is 16.3. The number of rotatable bonds is 8. The molecular formula is C21H36N2O4. The van der Waals surface area contributed by atoms with Gasteiger partial charge in [0, 0.05) is 0 Å². The highest BCUT2D eigenvalue weighted by molar-refractivity contribution is 6.07. The summed E-state index contributed by atoms with van der Waals surface area (Å²) in [5, 5.41) is 22.6. The fourth-order valence-corrected chi connectivity index (χ4v) is 5.43. The maximum Gasteiger partial charge on any atom is 0.238 e. The van der Waals surface area contributed by atoms with E-state index >= 15 is 0 Å². The Kier molecular flexibility index (Phi) is 5.13. The Labute approximate surface area is 162 Å². The predicted octanol–water partition coefficient (Wildman–Crippen LogP) is 1.96. The number of nitrogens with two attached hydrogens (primary N) is 1. The minimum Gasteiger partial charge on any atom is -0.388 e. The first-order valence-electron chi connectivity index (χ1n) is 10.6. The van der Waals surface area contributed by atoms with Crippen LogP contribution >= 0.6 is 0 Å². The maximum absolute atomic E-state index is 13.7. The standard InChI is InChI=1S/C21H36N2O4/c1-13(2)15(20(26)7-5-8-20)23(18(25)19(11-12-19)17(22)24)16(14(3)4)21(27)9-6-10-21/h13-16,26-27H,5-12H2,1-4H3,(H2,22,24)/t15-,16-/m1/s1. The van der Waals surface area contributed by atoms with Crippen LogP contribution in [0.3, 0.4) is 0 Å². The molecule has 0 aromatic rings. The van der Waals surface area contributed by atoms with Crippen molar-refractivity contribution < 1.29 is 19.8 Å². The van der Waals surface area contributed by atoms with Gasteiger partial charge in [0.15, 0.2) is 0 Å². The minimum atomic E-state index is -1.15. The van der Waals surface area contributed by atoms with Gasteiger partial charge in [0.25, 0.3) is 0 Å². The Bertz CT molecular complexity index is 571. The Hall–Kier alpha value is -1.14. The van der Waals surface area contributed by atoms with Crippen LogP contribution < -0.4 is 5.73 Å². The van der Waals surface area contributed by atoms with Gasteiger partial charge in [-0.25, -0.2) is 0 Å². The molecule has 0 aliphatic heterocycles. The number of amides is 2. The first-order valence-corrected chi connectivity index (χ1v) is 10.6. The molecule has 0 spiro atoms. The van der Waals surface area contributed by atoms with Gasteiger partial charge in [-0.1, -0.05) is 27.7 Å². The van der Waals surface area contributed by atoms with Gasteiger partial charge in [-0.3, -0.25) is 9.59 Å². The zero-order valence-corrected chi connectivity index (χ0v) is 17.2. The fourth-order valence-electron chi connectivity index (χ4n) is 5.43. The van der Waals surface area contributed by atoms with Crippen LogP contribution in [0.1, 0.15) is 79.1 Å². The van der Waals surface area contributed by atoms with Crippen molar-refractivity contribution in [1.29, 1.82) is 0 Å². The van der Waals surface area contributed by atoms with Gasteiger partial charge >= 0.3 is 0 Å². The Balaban J connectivity index is 2.07. The lowest BCUT2D eigenvalue weighted by atomic mass is 9.66. The van der Waals surface area contributed by atoms with E-state index < -0.39 is 34.6 Å². The summed E-state index contributed by atoms with van der Waals surface area (Å²) in [7, 11) is 0. The zero-order valence-electron chi connectivity index (χ0n) is 17.2. The molecule has 0 radical (unpaired) electrons. The number of primary amides is 1. The molecule has 0 aromatic heterocycles. The summed E-state index contributed by atoms with van der Waals surface area (Å²) in [5.74, 6) is -0.850. The molecule has 0 unspecified atom stereocenters. The second-order valence-corrected chi connectivity index (χ2v) is 9.95. The third-order valence-electron chi connectivity index (χ3n) is 7.27. The lowest BCUT2D eigenvalue weighted by molar-refractivity contribution is -0.193. The van der Waals surface area contributed by atoms with Gasteiger partial charge in [-0.05, 0) is 63.2 Å². The summed E-state index contributed by atoms with van der Waals surface area (Å²) >= 11 is 0. The van der Waals surface area contributed by atoms with Crippen molar-refractivity contribution >= 4 is 11.8 Å². The first kappa shape index (κ1) is 20.6. The van der Waals surface area contributed by atoms with E-state index in [2.05, 4.69) is 0 Å². The molecule has 3 saturated carbocycles. The summed E-state index contributed by atoms with van der Waals surface area (Å²) in [6, 6.07) is -0.847. The summed E-state index contributed by atoms with van der Waals surface area (Å²) in [6.45, 7) is 8.03. The summed E-state index contributed by atoms with van der Waals surface area (Å²) < 4.78 is 0. The van der Waals surface area contributed by atoms with Crippen LogP contribution in [0.25, 0.3) is 0 Å². The van der Waals surface area contributed by atoms with Crippen molar-refractivity contribution in [2.45, 2.75) is 102 Å². The molecule has 4 N–H and O–H groups in total. The number of hydrogen-bond acceptors (Lipinski definition) is 4. The van der Waals surface area contributed by atoms with Gasteiger partial charge < -0.3 is 20.8 Å². The van der Waals surface area contributed by atoms with Gasteiger partial charge in [0.2, 0.25) is 11.8 Å². The molecule has 3 aliphatic rings. The van der Waals surface area contributed by atoms with Crippen molar-refractivity contribution in [3.8, 4) is 0 Å². The lowest BCUT2D eigenvalue weighted by Crippen LogP contribution is -2.70. The molecule has 3 rings (SSSR count). The molecule has 0 bridgehead atoms. The molecule has 0 saturated heterocycles. The largest absolute Gasteiger partial charge is 0.388 e. The van der Waals surface area contributed by atoms with Crippen molar-refractivity contribution in [3.05, 3.63) is 0 Å². The smallest absolute Gasteiger partial charge is 0.238 e. The molecule has 6 heteroatoms. The molecule has 3 aliphatic carbocycles. The second kappa shape index (κ2) is 6.73. The average Bonchev–Trinajstić information content (AvgIpc) is 3.31. The summed E-state index contributed by atoms with van der Waals surface area (Å²) in [5.41, 5.74) is 2.56. The molecule has 0 heterocycles. The molecular weight excluding hydrogens is 344 g/mol. The molecule has 3 fully saturated rings.